The number of nitrogens with two attached hydrogens (primary N) is 1. The van der Waals surface area contributed by atoms with Gasteiger partial charge in [-0.25, -0.2) is 0 Å². The Kier molecular flexibility index (Phi) is 4.45. The summed E-state index contributed by atoms with van der Waals surface area (Å²) in [6, 6.07) is -0.0151. The summed E-state index contributed by atoms with van der Waals surface area (Å²) in [7, 11) is 1.68. The highest BCUT2D eigenvalue weighted by atomic mass is 16.5. The summed E-state index contributed by atoms with van der Waals surface area (Å²) in [5, 5.41) is 0. The molecule has 0 aromatic carbocycles. The quantitative estimate of drug-likeness (QED) is 0.527. The molecule has 0 aliphatic heterocycles. The predicted molar refractivity (Wildman–Crippen MR) is 53.2 cm³/mol. The van der Waals surface area contributed by atoms with E-state index in [1.54, 1.807) is 25.7 Å². The molecule has 5 nitrogen and oxygen atoms in total. The Morgan fingerprint density at radius 1 is 1.57 bits per heavy atom. The Morgan fingerprint density at radius 2 is 2.36 bits per heavy atom. The molecule has 1 rings (SSSR count). The number of rotatable bonds is 5. The first kappa shape index (κ1) is 11.0. The molecular weight excluding hydrogens is 180 g/mol. The topological polar surface area (TPSA) is 73.1 Å². The van der Waals surface area contributed by atoms with E-state index in [2.05, 4.69) is 15.4 Å². The molecule has 3 N–H and O–H groups in total. The molecule has 5 heteroatoms. The minimum Gasteiger partial charge on any atom is -0.382 e. The molecule has 0 aliphatic carbocycles. The van der Waals surface area contributed by atoms with Crippen LogP contribution < -0.4 is 11.3 Å². The fourth-order valence-corrected chi connectivity index (χ4v) is 1.19. The molecule has 0 radical (unpaired) electrons. The third-order valence-corrected chi connectivity index (χ3v) is 2.11. The second-order valence-corrected chi connectivity index (χ2v) is 3.13. The molecule has 0 amide bonds. The minimum atomic E-state index is -0.0151. The van der Waals surface area contributed by atoms with Gasteiger partial charge in [0.1, 0.15) is 0 Å². The average Bonchev–Trinajstić information content (AvgIpc) is 2.26. The molecule has 14 heavy (non-hydrogen) atoms. The number of ether oxygens (including phenoxy) is 1. The van der Waals surface area contributed by atoms with E-state index in [1.165, 1.54) is 0 Å². The van der Waals surface area contributed by atoms with Gasteiger partial charge in [0.15, 0.2) is 0 Å². The molecular formula is C9H16N4O. The lowest BCUT2D eigenvalue weighted by atomic mass is 10.1. The fraction of sp³-hybridized carbons (Fsp3) is 0.556. The van der Waals surface area contributed by atoms with Crippen molar-refractivity contribution in [3.05, 3.63) is 24.3 Å². The standard InChI is InChI=1S/C9H16N4O/c1-7(14-2)5-8(13-10)9-6-11-3-4-12-9/h3-4,6-8,13H,5,10H2,1-2H3. The van der Waals surface area contributed by atoms with Gasteiger partial charge in [0, 0.05) is 19.5 Å². The summed E-state index contributed by atoms with van der Waals surface area (Å²) in [6.45, 7) is 1.99. The van der Waals surface area contributed by atoms with Crippen LogP contribution in [0.4, 0.5) is 0 Å². The Hall–Kier alpha value is -1.04. The minimum absolute atomic E-state index is 0.0151. The van der Waals surface area contributed by atoms with Crippen molar-refractivity contribution in [3.8, 4) is 0 Å². The number of hydrogen-bond acceptors (Lipinski definition) is 5. The van der Waals surface area contributed by atoms with Crippen LogP contribution in [0.15, 0.2) is 18.6 Å². The second-order valence-electron chi connectivity index (χ2n) is 3.13. The van der Waals surface area contributed by atoms with Gasteiger partial charge in [-0.2, -0.15) is 0 Å². The normalized spacial score (nSPS) is 15.1. The number of nitrogens with one attached hydrogen (secondary N) is 1. The molecule has 0 aliphatic rings. The summed E-state index contributed by atoms with van der Waals surface area (Å²) < 4.78 is 5.16. The first-order valence-corrected chi connectivity index (χ1v) is 4.52. The van der Waals surface area contributed by atoms with Crippen LogP contribution >= 0.6 is 0 Å². The zero-order valence-corrected chi connectivity index (χ0v) is 8.47. The number of aromatic nitrogens is 2. The number of nitrogens with zero attached hydrogens (tertiary/aromatic N) is 2. The predicted octanol–water partition coefficient (Wildman–Crippen LogP) is 0.406. The summed E-state index contributed by atoms with van der Waals surface area (Å²) in [5.74, 6) is 5.43. The van der Waals surface area contributed by atoms with E-state index in [-0.39, 0.29) is 12.1 Å². The van der Waals surface area contributed by atoms with E-state index in [1.807, 2.05) is 6.92 Å². The van der Waals surface area contributed by atoms with Crippen molar-refractivity contribution in [2.75, 3.05) is 7.11 Å². The molecule has 2 unspecified atom stereocenters. The van der Waals surface area contributed by atoms with Crippen LogP contribution in [0, 0.1) is 0 Å². The zero-order valence-electron chi connectivity index (χ0n) is 8.47. The lowest BCUT2D eigenvalue weighted by Gasteiger charge is -2.18. The van der Waals surface area contributed by atoms with Crippen LogP contribution in [-0.2, 0) is 4.74 Å². The molecule has 1 aromatic rings. The van der Waals surface area contributed by atoms with Gasteiger partial charge in [0.05, 0.1) is 24.0 Å². The molecule has 78 valence electrons. The first-order chi connectivity index (χ1) is 6.77. The highest BCUT2D eigenvalue weighted by Gasteiger charge is 2.14. The SMILES string of the molecule is COC(C)CC(NN)c1cnccn1. The van der Waals surface area contributed by atoms with Crippen LogP contribution in [0.5, 0.6) is 0 Å². The number of hydrogen-bond donors (Lipinski definition) is 2. The summed E-state index contributed by atoms with van der Waals surface area (Å²) in [6.07, 6.45) is 5.89. The number of methoxy groups -OCH3 is 1. The van der Waals surface area contributed by atoms with Crippen LogP contribution in [0.2, 0.25) is 0 Å². The lowest BCUT2D eigenvalue weighted by molar-refractivity contribution is 0.0998. The van der Waals surface area contributed by atoms with Crippen LogP contribution in [0.1, 0.15) is 25.1 Å². The van der Waals surface area contributed by atoms with Crippen LogP contribution in [0.25, 0.3) is 0 Å². The van der Waals surface area contributed by atoms with Gasteiger partial charge >= 0.3 is 0 Å². The van der Waals surface area contributed by atoms with E-state index >= 15 is 0 Å². The Labute approximate surface area is 83.7 Å². The van der Waals surface area contributed by atoms with E-state index < -0.39 is 0 Å². The molecule has 0 bridgehead atoms. The van der Waals surface area contributed by atoms with E-state index in [4.69, 9.17) is 10.6 Å². The van der Waals surface area contributed by atoms with Crippen molar-refractivity contribution >= 4 is 0 Å². The van der Waals surface area contributed by atoms with Crippen molar-refractivity contribution in [1.82, 2.24) is 15.4 Å². The van der Waals surface area contributed by atoms with Crippen molar-refractivity contribution in [2.24, 2.45) is 5.84 Å². The monoisotopic (exact) mass is 196 g/mol. The molecule has 0 fully saturated rings. The lowest BCUT2D eigenvalue weighted by Crippen LogP contribution is -2.31. The summed E-state index contributed by atoms with van der Waals surface area (Å²) in [4.78, 5) is 8.16. The average molecular weight is 196 g/mol. The number of hydrazine groups is 1. The molecule has 0 saturated carbocycles. The Morgan fingerprint density at radius 3 is 2.86 bits per heavy atom. The highest BCUT2D eigenvalue weighted by molar-refractivity contribution is 5.01. The molecule has 1 aromatic heterocycles. The summed E-state index contributed by atoms with van der Waals surface area (Å²) in [5.41, 5.74) is 3.53. The largest absolute Gasteiger partial charge is 0.382 e. The van der Waals surface area contributed by atoms with Gasteiger partial charge in [-0.15, -0.1) is 0 Å². The van der Waals surface area contributed by atoms with Gasteiger partial charge in [-0.3, -0.25) is 21.2 Å². The van der Waals surface area contributed by atoms with Crippen LogP contribution in [0.3, 0.4) is 0 Å². The highest BCUT2D eigenvalue weighted by Crippen LogP contribution is 2.15. The molecule has 0 spiro atoms. The van der Waals surface area contributed by atoms with Gasteiger partial charge in [-0.1, -0.05) is 0 Å². The Balaban J connectivity index is 2.63. The van der Waals surface area contributed by atoms with E-state index in [0.29, 0.717) is 0 Å². The summed E-state index contributed by atoms with van der Waals surface area (Å²) >= 11 is 0. The van der Waals surface area contributed by atoms with Gasteiger partial charge < -0.3 is 4.74 Å². The van der Waals surface area contributed by atoms with Gasteiger partial charge in [0.2, 0.25) is 0 Å². The third-order valence-electron chi connectivity index (χ3n) is 2.11. The zero-order chi connectivity index (χ0) is 10.4. The van der Waals surface area contributed by atoms with Crippen molar-refractivity contribution in [2.45, 2.75) is 25.5 Å². The third kappa shape index (κ3) is 3.02. The molecule has 0 saturated heterocycles. The molecule has 1 heterocycles. The smallest absolute Gasteiger partial charge is 0.0770 e. The van der Waals surface area contributed by atoms with Crippen molar-refractivity contribution < 1.29 is 4.74 Å². The van der Waals surface area contributed by atoms with Gasteiger partial charge in [0.25, 0.3) is 0 Å². The molecule has 2 atom stereocenters. The van der Waals surface area contributed by atoms with Crippen molar-refractivity contribution in [1.29, 1.82) is 0 Å². The maximum atomic E-state index is 5.43. The maximum absolute atomic E-state index is 5.43. The van der Waals surface area contributed by atoms with Crippen LogP contribution in [-0.4, -0.2) is 23.2 Å². The Bertz CT molecular complexity index is 254. The van der Waals surface area contributed by atoms with E-state index in [0.717, 1.165) is 12.1 Å². The van der Waals surface area contributed by atoms with E-state index in [9.17, 15) is 0 Å². The van der Waals surface area contributed by atoms with Crippen molar-refractivity contribution in [3.63, 3.8) is 0 Å². The van der Waals surface area contributed by atoms with Gasteiger partial charge in [-0.05, 0) is 13.3 Å². The fourth-order valence-electron chi connectivity index (χ4n) is 1.19. The maximum Gasteiger partial charge on any atom is 0.0770 e. The first-order valence-electron chi connectivity index (χ1n) is 4.52. The second kappa shape index (κ2) is 5.64.